The highest BCUT2D eigenvalue weighted by molar-refractivity contribution is 5.92. The molecule has 1 N–H and O–H groups in total. The molecule has 3 aromatic rings. The van der Waals surface area contributed by atoms with Crippen molar-refractivity contribution in [1.82, 2.24) is 20.1 Å². The predicted molar refractivity (Wildman–Crippen MR) is 86.7 cm³/mol. The van der Waals surface area contributed by atoms with Crippen LogP contribution >= 0.6 is 0 Å². The van der Waals surface area contributed by atoms with Crippen LogP contribution in [-0.2, 0) is 0 Å². The number of aromatic nitrogens is 3. The molecule has 1 saturated heterocycles. The minimum Gasteiger partial charge on any atom is -0.440 e. The Morgan fingerprint density at radius 3 is 2.67 bits per heavy atom. The van der Waals surface area contributed by atoms with E-state index in [1.807, 2.05) is 24.3 Å². The van der Waals surface area contributed by atoms with E-state index in [-0.39, 0.29) is 23.1 Å². The van der Waals surface area contributed by atoms with E-state index in [1.165, 1.54) is 12.1 Å². The zero-order chi connectivity index (χ0) is 16.5. The monoisotopic (exact) mass is 324 g/mol. The second-order valence-corrected chi connectivity index (χ2v) is 5.89. The van der Waals surface area contributed by atoms with E-state index in [4.69, 9.17) is 4.42 Å². The number of oxazole rings is 1. The number of H-pyrrole nitrogens is 1. The normalized spacial score (nSPS) is 15.8. The van der Waals surface area contributed by atoms with Gasteiger partial charge in [0.1, 0.15) is 11.2 Å². The lowest BCUT2D eigenvalue weighted by molar-refractivity contribution is 0.0699. The number of para-hydroxylation sites is 2. The summed E-state index contributed by atoms with van der Waals surface area (Å²) in [6, 6.07) is 10.5. The van der Waals surface area contributed by atoms with Crippen molar-refractivity contribution < 1.29 is 9.21 Å². The maximum atomic E-state index is 12.4. The van der Waals surface area contributed by atoms with Crippen LogP contribution in [0.1, 0.15) is 35.1 Å². The third-order valence-corrected chi connectivity index (χ3v) is 4.34. The van der Waals surface area contributed by atoms with Crippen LogP contribution in [0, 0.1) is 0 Å². The summed E-state index contributed by atoms with van der Waals surface area (Å²) in [5.41, 5.74) is 1.60. The van der Waals surface area contributed by atoms with Crippen LogP contribution in [0.25, 0.3) is 11.1 Å². The topological polar surface area (TPSA) is 92.1 Å². The molecule has 7 heteroatoms. The Labute approximate surface area is 137 Å². The van der Waals surface area contributed by atoms with E-state index in [1.54, 1.807) is 4.90 Å². The van der Waals surface area contributed by atoms with E-state index in [0.717, 1.165) is 29.8 Å². The number of nitrogens with zero attached hydrogens (tertiary/aromatic N) is 3. The number of piperidine rings is 1. The zero-order valence-corrected chi connectivity index (χ0v) is 12.9. The van der Waals surface area contributed by atoms with Gasteiger partial charge in [-0.3, -0.25) is 9.59 Å². The van der Waals surface area contributed by atoms with Crippen molar-refractivity contribution in [3.63, 3.8) is 0 Å². The molecule has 3 heterocycles. The van der Waals surface area contributed by atoms with Crippen LogP contribution in [0.3, 0.4) is 0 Å². The zero-order valence-electron chi connectivity index (χ0n) is 12.9. The number of rotatable bonds is 2. The van der Waals surface area contributed by atoms with Crippen molar-refractivity contribution in [2.75, 3.05) is 13.1 Å². The highest BCUT2D eigenvalue weighted by Crippen LogP contribution is 2.30. The lowest BCUT2D eigenvalue weighted by Gasteiger charge is -2.30. The van der Waals surface area contributed by atoms with Crippen molar-refractivity contribution in [2.45, 2.75) is 18.8 Å². The van der Waals surface area contributed by atoms with Crippen LogP contribution in [-0.4, -0.2) is 39.1 Å². The second kappa shape index (κ2) is 5.92. The molecule has 0 spiro atoms. The number of carbonyl (C=O) groups excluding carboxylic acids is 1. The number of likely N-dealkylation sites (tertiary alicyclic amines) is 1. The molecule has 4 rings (SSSR count). The second-order valence-electron chi connectivity index (χ2n) is 5.89. The van der Waals surface area contributed by atoms with Crippen LogP contribution in [0.4, 0.5) is 0 Å². The SMILES string of the molecule is O=C(c1ccc(=O)[nH]n1)N1CCC(c2nc3ccccc3o2)CC1. The molecule has 1 amide bonds. The van der Waals surface area contributed by atoms with Crippen LogP contribution in [0.5, 0.6) is 0 Å². The molecule has 7 nitrogen and oxygen atoms in total. The predicted octanol–water partition coefficient (Wildman–Crippen LogP) is 1.93. The number of hydrogen-bond acceptors (Lipinski definition) is 5. The van der Waals surface area contributed by atoms with Gasteiger partial charge in [-0.15, -0.1) is 0 Å². The summed E-state index contributed by atoms with van der Waals surface area (Å²) < 4.78 is 5.83. The standard InChI is InChI=1S/C17H16N4O3/c22-15-6-5-13(19-20-15)17(23)21-9-7-11(8-10-21)16-18-12-3-1-2-4-14(12)24-16/h1-6,11H,7-10H2,(H,20,22). The lowest BCUT2D eigenvalue weighted by atomic mass is 9.96. The average molecular weight is 324 g/mol. The van der Waals surface area contributed by atoms with E-state index in [9.17, 15) is 9.59 Å². The summed E-state index contributed by atoms with van der Waals surface area (Å²) in [7, 11) is 0. The third-order valence-electron chi connectivity index (χ3n) is 4.34. The first kappa shape index (κ1) is 14.6. The van der Waals surface area contributed by atoms with Crippen molar-refractivity contribution in [1.29, 1.82) is 0 Å². The summed E-state index contributed by atoms with van der Waals surface area (Å²) in [6.07, 6.45) is 1.59. The van der Waals surface area contributed by atoms with Crippen molar-refractivity contribution in [3.05, 3.63) is 58.3 Å². The molecule has 1 aliphatic rings. The number of carbonyl (C=O) groups is 1. The van der Waals surface area contributed by atoms with Gasteiger partial charge in [-0.2, -0.15) is 5.10 Å². The molecule has 0 atom stereocenters. The van der Waals surface area contributed by atoms with Crippen molar-refractivity contribution >= 4 is 17.0 Å². The summed E-state index contributed by atoms with van der Waals surface area (Å²) in [5.74, 6) is 0.790. The Kier molecular flexibility index (Phi) is 3.60. The van der Waals surface area contributed by atoms with Gasteiger partial charge in [-0.1, -0.05) is 12.1 Å². The molecular weight excluding hydrogens is 308 g/mol. The molecule has 0 unspecified atom stereocenters. The molecule has 122 valence electrons. The summed E-state index contributed by atoms with van der Waals surface area (Å²) in [5, 5.41) is 6.09. The molecule has 2 aromatic heterocycles. The summed E-state index contributed by atoms with van der Waals surface area (Å²) >= 11 is 0. The Balaban J connectivity index is 1.45. The molecule has 0 saturated carbocycles. The first-order chi connectivity index (χ1) is 11.7. The minimum atomic E-state index is -0.318. The highest BCUT2D eigenvalue weighted by atomic mass is 16.3. The first-order valence-corrected chi connectivity index (χ1v) is 7.91. The van der Waals surface area contributed by atoms with Gasteiger partial charge in [0, 0.05) is 25.1 Å². The van der Waals surface area contributed by atoms with E-state index in [0.29, 0.717) is 13.1 Å². The summed E-state index contributed by atoms with van der Waals surface area (Å²) in [6.45, 7) is 1.23. The molecule has 0 radical (unpaired) electrons. The molecule has 1 aliphatic heterocycles. The number of nitrogens with one attached hydrogen (secondary N) is 1. The lowest BCUT2D eigenvalue weighted by Crippen LogP contribution is -2.38. The quantitative estimate of drug-likeness (QED) is 0.777. The maximum Gasteiger partial charge on any atom is 0.274 e. The fourth-order valence-corrected chi connectivity index (χ4v) is 3.02. The number of hydrogen-bond donors (Lipinski definition) is 1. The van der Waals surface area contributed by atoms with Gasteiger partial charge in [-0.25, -0.2) is 10.1 Å². The third kappa shape index (κ3) is 2.68. The number of aromatic amines is 1. The van der Waals surface area contributed by atoms with Crippen LogP contribution in [0.2, 0.25) is 0 Å². The number of fused-ring (bicyclic) bond motifs is 1. The largest absolute Gasteiger partial charge is 0.440 e. The number of amides is 1. The van der Waals surface area contributed by atoms with E-state index >= 15 is 0 Å². The highest BCUT2D eigenvalue weighted by Gasteiger charge is 2.28. The van der Waals surface area contributed by atoms with E-state index < -0.39 is 0 Å². The van der Waals surface area contributed by atoms with Crippen molar-refractivity contribution in [3.8, 4) is 0 Å². The van der Waals surface area contributed by atoms with Gasteiger partial charge in [0.15, 0.2) is 11.5 Å². The van der Waals surface area contributed by atoms with Gasteiger partial charge >= 0.3 is 0 Å². The molecule has 0 bridgehead atoms. The Morgan fingerprint density at radius 1 is 1.17 bits per heavy atom. The van der Waals surface area contributed by atoms with Gasteiger partial charge in [0.25, 0.3) is 11.5 Å². The van der Waals surface area contributed by atoms with Crippen molar-refractivity contribution in [2.24, 2.45) is 0 Å². The van der Waals surface area contributed by atoms with Gasteiger partial charge < -0.3 is 9.32 Å². The van der Waals surface area contributed by atoms with Gasteiger partial charge in [0.05, 0.1) is 0 Å². The molecular formula is C17H16N4O3. The van der Waals surface area contributed by atoms with E-state index in [2.05, 4.69) is 15.2 Å². The van der Waals surface area contributed by atoms with Crippen LogP contribution in [0.15, 0.2) is 45.6 Å². The Bertz CT molecular complexity index is 885. The first-order valence-electron chi connectivity index (χ1n) is 7.91. The molecule has 1 fully saturated rings. The van der Waals surface area contributed by atoms with Gasteiger partial charge in [-0.05, 0) is 31.0 Å². The van der Waals surface area contributed by atoms with Crippen LogP contribution < -0.4 is 5.56 Å². The molecule has 0 aliphatic carbocycles. The molecule has 1 aromatic carbocycles. The fraction of sp³-hybridized carbons (Fsp3) is 0.294. The minimum absolute atomic E-state index is 0.165. The van der Waals surface area contributed by atoms with Gasteiger partial charge in [0.2, 0.25) is 0 Å². The maximum absolute atomic E-state index is 12.4. The summed E-state index contributed by atoms with van der Waals surface area (Å²) in [4.78, 5) is 29.7. The fourth-order valence-electron chi connectivity index (χ4n) is 3.02. The average Bonchev–Trinajstić information content (AvgIpc) is 3.06. The smallest absolute Gasteiger partial charge is 0.274 e. The number of benzene rings is 1. The Morgan fingerprint density at radius 2 is 1.96 bits per heavy atom. The molecule has 24 heavy (non-hydrogen) atoms. The Hall–Kier alpha value is -2.96.